The van der Waals surface area contributed by atoms with Crippen LogP contribution in [0.3, 0.4) is 0 Å². The summed E-state index contributed by atoms with van der Waals surface area (Å²) >= 11 is 0. The van der Waals surface area contributed by atoms with E-state index in [1.807, 2.05) is 0 Å². The SMILES string of the molecule is NS(=O)(=O)c1ccc(CCNC(=O)C(=O)NCc2cccnc2)cc1. The first-order chi connectivity index (χ1) is 11.9. The highest BCUT2D eigenvalue weighted by Crippen LogP contribution is 2.08. The third-order valence-electron chi connectivity index (χ3n) is 3.33. The summed E-state index contributed by atoms with van der Waals surface area (Å²) in [5.41, 5.74) is 1.60. The van der Waals surface area contributed by atoms with Gasteiger partial charge in [-0.05, 0) is 35.7 Å². The number of nitrogens with zero attached hydrogens (tertiary/aromatic N) is 1. The monoisotopic (exact) mass is 362 g/mol. The smallest absolute Gasteiger partial charge is 0.309 e. The van der Waals surface area contributed by atoms with E-state index in [0.29, 0.717) is 6.42 Å². The van der Waals surface area contributed by atoms with E-state index in [9.17, 15) is 18.0 Å². The number of benzene rings is 1. The van der Waals surface area contributed by atoms with Gasteiger partial charge in [0.2, 0.25) is 10.0 Å². The van der Waals surface area contributed by atoms with Crippen LogP contribution in [0, 0.1) is 0 Å². The molecule has 0 aliphatic carbocycles. The molecule has 8 nitrogen and oxygen atoms in total. The molecule has 2 aromatic rings. The van der Waals surface area contributed by atoms with Crippen molar-refractivity contribution in [2.45, 2.75) is 17.9 Å². The largest absolute Gasteiger partial charge is 0.348 e. The summed E-state index contributed by atoms with van der Waals surface area (Å²) in [4.78, 5) is 27.3. The van der Waals surface area contributed by atoms with Gasteiger partial charge in [-0.3, -0.25) is 14.6 Å². The Morgan fingerprint density at radius 2 is 1.68 bits per heavy atom. The van der Waals surface area contributed by atoms with E-state index < -0.39 is 21.8 Å². The Hall–Kier alpha value is -2.78. The molecule has 0 saturated carbocycles. The predicted molar refractivity (Wildman–Crippen MR) is 90.6 cm³/mol. The molecule has 2 amide bonds. The Morgan fingerprint density at radius 1 is 1.00 bits per heavy atom. The maximum absolute atomic E-state index is 11.7. The Morgan fingerprint density at radius 3 is 2.28 bits per heavy atom. The molecule has 132 valence electrons. The van der Waals surface area contributed by atoms with Crippen molar-refractivity contribution in [1.82, 2.24) is 15.6 Å². The van der Waals surface area contributed by atoms with Gasteiger partial charge in [0, 0.05) is 25.5 Å². The quantitative estimate of drug-likeness (QED) is 0.607. The first kappa shape index (κ1) is 18.6. The second-order valence-electron chi connectivity index (χ2n) is 5.24. The standard InChI is InChI=1S/C16H18N4O4S/c17-25(23,24)14-5-3-12(4-6-14)7-9-19-15(21)16(22)20-11-13-2-1-8-18-10-13/h1-6,8,10H,7,9,11H2,(H,19,21)(H,20,22)(H2,17,23,24). The van der Waals surface area contributed by atoms with E-state index in [2.05, 4.69) is 15.6 Å². The summed E-state index contributed by atoms with van der Waals surface area (Å²) in [6.45, 7) is 0.461. The van der Waals surface area contributed by atoms with Gasteiger partial charge in [0.25, 0.3) is 0 Å². The second-order valence-corrected chi connectivity index (χ2v) is 6.80. The van der Waals surface area contributed by atoms with E-state index in [0.717, 1.165) is 11.1 Å². The van der Waals surface area contributed by atoms with Crippen LogP contribution in [0.25, 0.3) is 0 Å². The van der Waals surface area contributed by atoms with Crippen LogP contribution < -0.4 is 15.8 Å². The lowest BCUT2D eigenvalue weighted by molar-refractivity contribution is -0.139. The van der Waals surface area contributed by atoms with Crippen LogP contribution in [0.15, 0.2) is 53.7 Å². The van der Waals surface area contributed by atoms with Crippen molar-refractivity contribution < 1.29 is 18.0 Å². The molecule has 4 N–H and O–H groups in total. The van der Waals surface area contributed by atoms with Crippen LogP contribution in [0.5, 0.6) is 0 Å². The summed E-state index contributed by atoms with van der Waals surface area (Å²) in [7, 11) is -3.72. The fourth-order valence-electron chi connectivity index (χ4n) is 2.01. The molecule has 0 radical (unpaired) electrons. The highest BCUT2D eigenvalue weighted by molar-refractivity contribution is 7.89. The van der Waals surface area contributed by atoms with E-state index in [4.69, 9.17) is 5.14 Å². The maximum atomic E-state index is 11.7. The molecule has 2 rings (SSSR count). The third kappa shape index (κ3) is 5.98. The van der Waals surface area contributed by atoms with Crippen molar-refractivity contribution in [3.63, 3.8) is 0 Å². The van der Waals surface area contributed by atoms with Gasteiger partial charge in [0.1, 0.15) is 0 Å². The van der Waals surface area contributed by atoms with Crippen molar-refractivity contribution in [2.24, 2.45) is 5.14 Å². The Labute approximate surface area is 145 Å². The van der Waals surface area contributed by atoms with Gasteiger partial charge in [0.05, 0.1) is 4.90 Å². The summed E-state index contributed by atoms with van der Waals surface area (Å²) in [6, 6.07) is 9.53. The highest BCUT2D eigenvalue weighted by atomic mass is 32.2. The van der Waals surface area contributed by atoms with Gasteiger partial charge in [-0.2, -0.15) is 0 Å². The summed E-state index contributed by atoms with van der Waals surface area (Å²) in [5, 5.41) is 10.0. The fraction of sp³-hybridized carbons (Fsp3) is 0.188. The molecule has 0 fully saturated rings. The van der Waals surface area contributed by atoms with Crippen molar-refractivity contribution >= 4 is 21.8 Å². The third-order valence-corrected chi connectivity index (χ3v) is 4.26. The number of nitrogens with one attached hydrogen (secondary N) is 2. The van der Waals surface area contributed by atoms with Gasteiger partial charge in [-0.25, -0.2) is 13.6 Å². The number of carbonyl (C=O) groups is 2. The number of pyridine rings is 1. The topological polar surface area (TPSA) is 131 Å². The van der Waals surface area contributed by atoms with Crippen LogP contribution in [-0.2, 0) is 32.6 Å². The van der Waals surface area contributed by atoms with E-state index in [1.54, 1.807) is 36.7 Å². The maximum Gasteiger partial charge on any atom is 0.309 e. The van der Waals surface area contributed by atoms with Gasteiger partial charge >= 0.3 is 11.8 Å². The van der Waals surface area contributed by atoms with Crippen LogP contribution >= 0.6 is 0 Å². The number of amides is 2. The number of hydrogen-bond acceptors (Lipinski definition) is 5. The summed E-state index contributed by atoms with van der Waals surface area (Å²) in [6.07, 6.45) is 3.67. The lowest BCUT2D eigenvalue weighted by Crippen LogP contribution is -2.40. The molecule has 0 aliphatic rings. The lowest BCUT2D eigenvalue weighted by atomic mass is 10.1. The molecule has 1 aromatic carbocycles. The molecule has 1 aromatic heterocycles. The Balaban J connectivity index is 1.75. The number of nitrogens with two attached hydrogens (primary N) is 1. The normalized spacial score (nSPS) is 10.9. The molecule has 25 heavy (non-hydrogen) atoms. The average Bonchev–Trinajstić information content (AvgIpc) is 2.60. The van der Waals surface area contributed by atoms with Crippen molar-refractivity contribution in [3.8, 4) is 0 Å². The zero-order valence-electron chi connectivity index (χ0n) is 13.3. The Bertz CT molecular complexity index is 836. The summed E-state index contributed by atoms with van der Waals surface area (Å²) in [5.74, 6) is -1.46. The second kappa shape index (κ2) is 8.36. The first-order valence-electron chi connectivity index (χ1n) is 7.43. The molecule has 0 spiro atoms. The zero-order chi connectivity index (χ0) is 18.3. The van der Waals surface area contributed by atoms with Crippen LogP contribution in [0.1, 0.15) is 11.1 Å². The number of carbonyl (C=O) groups excluding carboxylic acids is 2. The van der Waals surface area contributed by atoms with Crippen LogP contribution in [-0.4, -0.2) is 31.8 Å². The summed E-state index contributed by atoms with van der Waals surface area (Å²) < 4.78 is 22.3. The van der Waals surface area contributed by atoms with Gasteiger partial charge < -0.3 is 10.6 Å². The molecule has 1 heterocycles. The van der Waals surface area contributed by atoms with Crippen LogP contribution in [0.4, 0.5) is 0 Å². The predicted octanol–water partition coefficient (Wildman–Crippen LogP) is -0.296. The van der Waals surface area contributed by atoms with Crippen LogP contribution in [0.2, 0.25) is 0 Å². The molecule has 0 aliphatic heterocycles. The number of sulfonamides is 1. The molecular formula is C16H18N4O4S. The Kier molecular flexibility index (Phi) is 6.20. The first-order valence-corrected chi connectivity index (χ1v) is 8.97. The van der Waals surface area contributed by atoms with Crippen molar-refractivity contribution in [2.75, 3.05) is 6.54 Å². The lowest BCUT2D eigenvalue weighted by Gasteiger charge is -2.07. The molecule has 0 atom stereocenters. The number of aromatic nitrogens is 1. The number of rotatable bonds is 6. The minimum absolute atomic E-state index is 0.0232. The fourth-order valence-corrected chi connectivity index (χ4v) is 2.53. The molecular weight excluding hydrogens is 344 g/mol. The number of primary sulfonamides is 1. The molecule has 0 bridgehead atoms. The molecule has 0 unspecified atom stereocenters. The number of hydrogen-bond donors (Lipinski definition) is 3. The molecule has 9 heteroatoms. The van der Waals surface area contributed by atoms with E-state index >= 15 is 0 Å². The van der Waals surface area contributed by atoms with Gasteiger partial charge in [-0.15, -0.1) is 0 Å². The van der Waals surface area contributed by atoms with E-state index in [-0.39, 0.29) is 18.0 Å². The zero-order valence-corrected chi connectivity index (χ0v) is 14.1. The van der Waals surface area contributed by atoms with Crippen molar-refractivity contribution in [1.29, 1.82) is 0 Å². The molecule has 0 saturated heterocycles. The minimum Gasteiger partial charge on any atom is -0.348 e. The van der Waals surface area contributed by atoms with Crippen molar-refractivity contribution in [3.05, 3.63) is 59.9 Å². The van der Waals surface area contributed by atoms with Gasteiger partial charge in [-0.1, -0.05) is 18.2 Å². The average molecular weight is 362 g/mol. The van der Waals surface area contributed by atoms with E-state index in [1.165, 1.54) is 12.1 Å². The highest BCUT2D eigenvalue weighted by Gasteiger charge is 2.12. The minimum atomic E-state index is -3.72. The van der Waals surface area contributed by atoms with Gasteiger partial charge in [0.15, 0.2) is 0 Å².